The van der Waals surface area contributed by atoms with E-state index < -0.39 is 6.10 Å². The van der Waals surface area contributed by atoms with Gasteiger partial charge in [0.1, 0.15) is 6.61 Å². The number of carbonyl (C=O) groups is 2. The van der Waals surface area contributed by atoms with Gasteiger partial charge in [-0.15, -0.1) is 0 Å². The van der Waals surface area contributed by atoms with Crippen LogP contribution >= 0.6 is 0 Å². The van der Waals surface area contributed by atoms with E-state index in [4.69, 9.17) is 14.2 Å². The standard InChI is InChI=1S/C61H116O5/c1-4-7-10-13-16-19-22-25-28-31-33-36-39-42-45-48-51-54-60(62)65-58-59(57-64-56-53-50-47-44-41-38-35-30-27-24-21-18-15-12-9-6-3)66-61(63)55-52-49-46-43-40-37-34-32-29-26-23-20-17-14-11-8-5-2/h25-26,28-29,59H,4-24,27,30-58H2,1-3H3/b28-25-,29-26-/t59-/m1/s1. The van der Waals surface area contributed by atoms with Crippen molar-refractivity contribution < 1.29 is 23.8 Å². The molecule has 0 saturated heterocycles. The van der Waals surface area contributed by atoms with E-state index in [1.54, 1.807) is 0 Å². The first kappa shape index (κ1) is 64.4. The van der Waals surface area contributed by atoms with Gasteiger partial charge in [-0.25, -0.2) is 0 Å². The number of hydrogen-bond donors (Lipinski definition) is 0. The number of esters is 2. The molecule has 0 aliphatic carbocycles. The molecular formula is C61H116O5. The van der Waals surface area contributed by atoms with E-state index in [9.17, 15) is 9.59 Å². The van der Waals surface area contributed by atoms with E-state index in [0.29, 0.717) is 26.1 Å². The first-order chi connectivity index (χ1) is 32.6. The second kappa shape index (κ2) is 57.7. The van der Waals surface area contributed by atoms with E-state index in [1.807, 2.05) is 0 Å². The van der Waals surface area contributed by atoms with E-state index >= 15 is 0 Å². The minimum absolute atomic E-state index is 0.0885. The molecule has 0 aliphatic rings. The molecular weight excluding hydrogens is 813 g/mol. The lowest BCUT2D eigenvalue weighted by Gasteiger charge is -2.18. The fraction of sp³-hybridized carbons (Fsp3) is 0.902. The van der Waals surface area contributed by atoms with Crippen molar-refractivity contribution in [2.75, 3.05) is 19.8 Å². The Hall–Kier alpha value is -1.62. The summed E-state index contributed by atoms with van der Waals surface area (Å²) in [4.78, 5) is 25.5. The molecule has 0 unspecified atom stereocenters. The monoisotopic (exact) mass is 929 g/mol. The van der Waals surface area contributed by atoms with E-state index in [2.05, 4.69) is 45.1 Å². The summed E-state index contributed by atoms with van der Waals surface area (Å²) in [5, 5.41) is 0. The smallest absolute Gasteiger partial charge is 0.306 e. The number of allylic oxidation sites excluding steroid dienone is 4. The highest BCUT2D eigenvalue weighted by Crippen LogP contribution is 2.16. The summed E-state index contributed by atoms with van der Waals surface area (Å²) in [6, 6.07) is 0. The van der Waals surface area contributed by atoms with Gasteiger partial charge in [-0.3, -0.25) is 9.59 Å². The van der Waals surface area contributed by atoms with Gasteiger partial charge < -0.3 is 14.2 Å². The van der Waals surface area contributed by atoms with Crippen LogP contribution in [0.5, 0.6) is 0 Å². The van der Waals surface area contributed by atoms with Gasteiger partial charge in [-0.2, -0.15) is 0 Å². The van der Waals surface area contributed by atoms with Crippen molar-refractivity contribution in [3.8, 4) is 0 Å². The highest BCUT2D eigenvalue weighted by atomic mass is 16.6. The van der Waals surface area contributed by atoms with Crippen LogP contribution in [0, 0.1) is 0 Å². The summed E-state index contributed by atoms with van der Waals surface area (Å²) in [7, 11) is 0. The molecule has 0 spiro atoms. The molecule has 0 saturated carbocycles. The normalized spacial score (nSPS) is 12.2. The summed E-state index contributed by atoms with van der Waals surface area (Å²) in [6.45, 7) is 7.89. The molecule has 390 valence electrons. The Kier molecular flexibility index (Phi) is 56.3. The molecule has 0 N–H and O–H groups in total. The number of unbranched alkanes of at least 4 members (excludes halogenated alkanes) is 41. The summed E-state index contributed by atoms with van der Waals surface area (Å²) in [5.41, 5.74) is 0. The Balaban J connectivity index is 4.23. The quantitative estimate of drug-likeness (QED) is 0.0345. The van der Waals surface area contributed by atoms with Crippen molar-refractivity contribution in [3.05, 3.63) is 24.3 Å². The van der Waals surface area contributed by atoms with Crippen LogP contribution in [0.25, 0.3) is 0 Å². The molecule has 0 fully saturated rings. The SMILES string of the molecule is CCCCCCCC/C=C\CCCCCCCCCC(=O)OC[C@@H](COCCCCCCCCCCCCCCCCCC)OC(=O)CCCCCCCCC/C=C\CCCCCCCC. The van der Waals surface area contributed by atoms with Gasteiger partial charge in [0.25, 0.3) is 0 Å². The molecule has 0 aliphatic heterocycles. The van der Waals surface area contributed by atoms with E-state index in [0.717, 1.165) is 32.1 Å². The second-order valence-corrected chi connectivity index (χ2v) is 20.3. The largest absolute Gasteiger partial charge is 0.462 e. The average molecular weight is 930 g/mol. The Bertz CT molecular complexity index is 1010. The van der Waals surface area contributed by atoms with Gasteiger partial charge in [-0.05, 0) is 70.6 Å². The van der Waals surface area contributed by atoms with Crippen molar-refractivity contribution in [3.63, 3.8) is 0 Å². The first-order valence-corrected chi connectivity index (χ1v) is 29.9. The number of rotatable bonds is 56. The Morgan fingerprint density at radius 2 is 0.591 bits per heavy atom. The minimum Gasteiger partial charge on any atom is -0.462 e. The van der Waals surface area contributed by atoms with Crippen LogP contribution in [0.1, 0.15) is 329 Å². The van der Waals surface area contributed by atoms with Crippen LogP contribution in [-0.2, 0) is 23.8 Å². The predicted molar refractivity (Wildman–Crippen MR) is 289 cm³/mol. The van der Waals surface area contributed by atoms with Crippen molar-refractivity contribution in [1.82, 2.24) is 0 Å². The lowest BCUT2D eigenvalue weighted by Crippen LogP contribution is -2.30. The maximum Gasteiger partial charge on any atom is 0.306 e. The summed E-state index contributed by atoms with van der Waals surface area (Å²) < 4.78 is 17.5. The topological polar surface area (TPSA) is 61.8 Å². The summed E-state index contributed by atoms with van der Waals surface area (Å²) in [6.07, 6.45) is 69.1. The molecule has 0 amide bonds. The van der Waals surface area contributed by atoms with Gasteiger partial charge in [0.15, 0.2) is 6.10 Å². The van der Waals surface area contributed by atoms with E-state index in [-0.39, 0.29) is 18.5 Å². The molecule has 0 heterocycles. The first-order valence-electron chi connectivity index (χ1n) is 29.9. The van der Waals surface area contributed by atoms with Crippen molar-refractivity contribution in [1.29, 1.82) is 0 Å². The maximum atomic E-state index is 12.9. The van der Waals surface area contributed by atoms with Crippen LogP contribution < -0.4 is 0 Å². The van der Waals surface area contributed by atoms with Crippen LogP contribution in [0.3, 0.4) is 0 Å². The van der Waals surface area contributed by atoms with Crippen LogP contribution in [0.2, 0.25) is 0 Å². The molecule has 0 aromatic heterocycles. The van der Waals surface area contributed by atoms with Crippen molar-refractivity contribution in [2.45, 2.75) is 335 Å². The molecule has 5 heteroatoms. The molecule has 5 nitrogen and oxygen atoms in total. The molecule has 0 rings (SSSR count). The van der Waals surface area contributed by atoms with Gasteiger partial charge >= 0.3 is 11.9 Å². The summed E-state index contributed by atoms with van der Waals surface area (Å²) in [5.74, 6) is -0.384. The zero-order chi connectivity index (χ0) is 47.7. The molecule has 1 atom stereocenters. The highest BCUT2D eigenvalue weighted by Gasteiger charge is 2.17. The van der Waals surface area contributed by atoms with Gasteiger partial charge in [0, 0.05) is 19.4 Å². The zero-order valence-electron chi connectivity index (χ0n) is 45.0. The minimum atomic E-state index is -0.534. The average Bonchev–Trinajstić information content (AvgIpc) is 3.32. The number of carbonyl (C=O) groups excluding carboxylic acids is 2. The second-order valence-electron chi connectivity index (χ2n) is 20.3. The van der Waals surface area contributed by atoms with Crippen molar-refractivity contribution >= 4 is 11.9 Å². The fourth-order valence-electron chi connectivity index (χ4n) is 8.97. The predicted octanol–water partition coefficient (Wildman–Crippen LogP) is 20.4. The number of hydrogen-bond acceptors (Lipinski definition) is 5. The molecule has 0 aromatic rings. The van der Waals surface area contributed by atoms with Crippen LogP contribution in [-0.4, -0.2) is 37.9 Å². The lowest BCUT2D eigenvalue weighted by molar-refractivity contribution is -0.163. The maximum absolute atomic E-state index is 12.9. The third-order valence-electron chi connectivity index (χ3n) is 13.5. The summed E-state index contributed by atoms with van der Waals surface area (Å²) >= 11 is 0. The van der Waals surface area contributed by atoms with E-state index in [1.165, 1.54) is 263 Å². The third-order valence-corrected chi connectivity index (χ3v) is 13.5. The van der Waals surface area contributed by atoms with Gasteiger partial charge in [0.2, 0.25) is 0 Å². The Morgan fingerprint density at radius 1 is 0.318 bits per heavy atom. The zero-order valence-corrected chi connectivity index (χ0v) is 45.0. The third kappa shape index (κ3) is 55.0. The highest BCUT2D eigenvalue weighted by molar-refractivity contribution is 5.70. The molecule has 66 heavy (non-hydrogen) atoms. The molecule has 0 bridgehead atoms. The van der Waals surface area contributed by atoms with Gasteiger partial charge in [-0.1, -0.05) is 270 Å². The fourth-order valence-corrected chi connectivity index (χ4v) is 8.97. The van der Waals surface area contributed by atoms with Crippen LogP contribution in [0.15, 0.2) is 24.3 Å². The number of ether oxygens (including phenoxy) is 3. The Morgan fingerprint density at radius 3 is 0.924 bits per heavy atom. The Labute approximate surface area is 413 Å². The molecule has 0 radical (unpaired) electrons. The molecule has 0 aromatic carbocycles. The lowest BCUT2D eigenvalue weighted by atomic mass is 10.0. The van der Waals surface area contributed by atoms with Crippen molar-refractivity contribution in [2.24, 2.45) is 0 Å². The van der Waals surface area contributed by atoms with Crippen LogP contribution in [0.4, 0.5) is 0 Å². The van der Waals surface area contributed by atoms with Gasteiger partial charge in [0.05, 0.1) is 6.61 Å².